The Hall–Kier alpha value is -2.89. The number of aromatic nitrogens is 1. The molecule has 3 aromatic carbocycles. The summed E-state index contributed by atoms with van der Waals surface area (Å²) in [6, 6.07) is 21.7. The largest absolute Gasteiger partial charge is 0.236 e. The maximum absolute atomic E-state index is 5.70. The van der Waals surface area contributed by atoms with Crippen LogP contribution in [0.5, 0.6) is 0 Å². The summed E-state index contributed by atoms with van der Waals surface area (Å²) in [6.45, 7) is 4.57. The van der Waals surface area contributed by atoms with Gasteiger partial charge < -0.3 is 0 Å². The van der Waals surface area contributed by atoms with Crippen LogP contribution in [0, 0.1) is 12.3 Å². The molecule has 0 unspecified atom stereocenters. The molecule has 0 spiro atoms. The van der Waals surface area contributed by atoms with E-state index in [1.54, 1.807) is 11.3 Å². The standard InChI is InChI=1S/C26H21NS/c1-4-17-11-13-19-20-14-12-18(25-27-23-9-7-8-10-24(23)28-25)16-22(20)26(5-2,6-3)21(19)15-17/h1,7-16H,5-6H2,2-3H3. The van der Waals surface area contributed by atoms with Gasteiger partial charge in [-0.15, -0.1) is 17.8 Å². The lowest BCUT2D eigenvalue weighted by atomic mass is 9.73. The van der Waals surface area contributed by atoms with E-state index in [2.05, 4.69) is 74.4 Å². The van der Waals surface area contributed by atoms with Crippen LogP contribution < -0.4 is 0 Å². The summed E-state index contributed by atoms with van der Waals surface area (Å²) in [4.78, 5) is 4.88. The molecule has 0 N–H and O–H groups in total. The number of para-hydroxylation sites is 1. The smallest absolute Gasteiger partial charge is 0.124 e. The molecule has 0 radical (unpaired) electrons. The number of hydrogen-bond acceptors (Lipinski definition) is 2. The van der Waals surface area contributed by atoms with Crippen molar-refractivity contribution in [1.82, 2.24) is 4.98 Å². The van der Waals surface area contributed by atoms with Crippen molar-refractivity contribution in [2.24, 2.45) is 0 Å². The highest BCUT2D eigenvalue weighted by molar-refractivity contribution is 7.21. The lowest BCUT2D eigenvalue weighted by molar-refractivity contribution is 0.490. The van der Waals surface area contributed by atoms with Crippen LogP contribution in [0.1, 0.15) is 43.4 Å². The first kappa shape index (κ1) is 17.2. The monoisotopic (exact) mass is 379 g/mol. The topological polar surface area (TPSA) is 12.9 Å². The molecule has 0 saturated carbocycles. The highest BCUT2D eigenvalue weighted by Crippen LogP contribution is 2.53. The van der Waals surface area contributed by atoms with Gasteiger partial charge in [-0.3, -0.25) is 0 Å². The third-order valence-corrected chi connectivity index (χ3v) is 7.36. The van der Waals surface area contributed by atoms with Gasteiger partial charge in [0.15, 0.2) is 0 Å². The van der Waals surface area contributed by atoms with E-state index in [9.17, 15) is 0 Å². The van der Waals surface area contributed by atoms with Crippen molar-refractivity contribution in [2.75, 3.05) is 0 Å². The van der Waals surface area contributed by atoms with Gasteiger partial charge >= 0.3 is 0 Å². The molecule has 1 aliphatic rings. The predicted octanol–water partition coefficient (Wildman–Crippen LogP) is 7.03. The first-order valence-corrected chi connectivity index (χ1v) is 10.6. The van der Waals surface area contributed by atoms with Crippen molar-refractivity contribution >= 4 is 21.6 Å². The third kappa shape index (κ3) is 2.30. The number of fused-ring (bicyclic) bond motifs is 4. The highest BCUT2D eigenvalue weighted by atomic mass is 32.1. The fourth-order valence-corrected chi connectivity index (χ4v) is 5.69. The Morgan fingerprint density at radius 1 is 0.929 bits per heavy atom. The molecule has 4 aromatic rings. The molecule has 1 nitrogen and oxygen atoms in total. The van der Waals surface area contributed by atoms with Crippen molar-refractivity contribution in [2.45, 2.75) is 32.1 Å². The molecular formula is C26H21NS. The van der Waals surface area contributed by atoms with Crippen molar-refractivity contribution in [3.63, 3.8) is 0 Å². The molecular weight excluding hydrogens is 358 g/mol. The van der Waals surface area contributed by atoms with E-state index < -0.39 is 0 Å². The minimum atomic E-state index is 0.0181. The van der Waals surface area contributed by atoms with Gasteiger partial charge in [-0.1, -0.05) is 50.1 Å². The Morgan fingerprint density at radius 2 is 1.64 bits per heavy atom. The molecule has 1 heterocycles. The number of terminal acetylenes is 1. The van der Waals surface area contributed by atoms with Gasteiger partial charge in [0, 0.05) is 16.5 Å². The first-order valence-electron chi connectivity index (χ1n) is 9.82. The molecule has 28 heavy (non-hydrogen) atoms. The summed E-state index contributed by atoms with van der Waals surface area (Å²) in [5.74, 6) is 2.81. The molecule has 0 fully saturated rings. The van der Waals surface area contributed by atoms with Gasteiger partial charge in [-0.2, -0.15) is 0 Å². The second-order valence-electron chi connectivity index (χ2n) is 7.44. The first-order chi connectivity index (χ1) is 13.7. The third-order valence-electron chi connectivity index (χ3n) is 6.28. The molecule has 0 bridgehead atoms. The Labute approximate surface area is 170 Å². The Kier molecular flexibility index (Phi) is 3.89. The van der Waals surface area contributed by atoms with Gasteiger partial charge in [-0.25, -0.2) is 4.98 Å². The van der Waals surface area contributed by atoms with Gasteiger partial charge in [0.05, 0.1) is 10.2 Å². The minimum Gasteiger partial charge on any atom is -0.236 e. The van der Waals surface area contributed by atoms with E-state index in [0.29, 0.717) is 0 Å². The van der Waals surface area contributed by atoms with Gasteiger partial charge in [-0.05, 0) is 65.4 Å². The summed E-state index contributed by atoms with van der Waals surface area (Å²) in [6.07, 6.45) is 7.81. The zero-order valence-corrected chi connectivity index (χ0v) is 16.9. The summed E-state index contributed by atoms with van der Waals surface area (Å²) in [5, 5.41) is 1.09. The summed E-state index contributed by atoms with van der Waals surface area (Å²) in [5.41, 5.74) is 8.72. The number of thiazole rings is 1. The summed E-state index contributed by atoms with van der Waals surface area (Å²) in [7, 11) is 0. The van der Waals surface area contributed by atoms with Gasteiger partial charge in [0.25, 0.3) is 0 Å². The van der Waals surface area contributed by atoms with Crippen LogP contribution in [0.4, 0.5) is 0 Å². The van der Waals surface area contributed by atoms with E-state index in [1.807, 2.05) is 6.07 Å². The lowest BCUT2D eigenvalue weighted by Gasteiger charge is -2.30. The molecule has 0 saturated heterocycles. The Balaban J connectivity index is 1.73. The van der Waals surface area contributed by atoms with Crippen LogP contribution in [0.25, 0.3) is 31.9 Å². The molecule has 0 aliphatic heterocycles. The maximum Gasteiger partial charge on any atom is 0.124 e. The Bertz CT molecular complexity index is 1220. The van der Waals surface area contributed by atoms with E-state index in [-0.39, 0.29) is 5.41 Å². The fourth-order valence-electron chi connectivity index (χ4n) is 4.73. The van der Waals surface area contributed by atoms with E-state index >= 15 is 0 Å². The van der Waals surface area contributed by atoms with E-state index in [4.69, 9.17) is 11.4 Å². The number of rotatable bonds is 3. The van der Waals surface area contributed by atoms with Gasteiger partial charge in [0.2, 0.25) is 0 Å². The normalized spacial score (nSPS) is 13.9. The number of nitrogens with zero attached hydrogens (tertiary/aromatic N) is 1. The van der Waals surface area contributed by atoms with Crippen LogP contribution in [0.2, 0.25) is 0 Å². The maximum atomic E-state index is 5.70. The fraction of sp³-hybridized carbons (Fsp3) is 0.192. The average Bonchev–Trinajstić information content (AvgIpc) is 3.30. The summed E-state index contributed by atoms with van der Waals surface area (Å²) < 4.78 is 1.23. The van der Waals surface area contributed by atoms with Crippen molar-refractivity contribution < 1.29 is 0 Å². The molecule has 1 aromatic heterocycles. The van der Waals surface area contributed by atoms with Crippen LogP contribution >= 0.6 is 11.3 Å². The second-order valence-corrected chi connectivity index (χ2v) is 8.47. The zero-order valence-electron chi connectivity index (χ0n) is 16.1. The zero-order chi connectivity index (χ0) is 19.3. The van der Waals surface area contributed by atoms with E-state index in [0.717, 1.165) is 28.9 Å². The van der Waals surface area contributed by atoms with Crippen molar-refractivity contribution in [3.8, 4) is 34.0 Å². The molecule has 1 aliphatic carbocycles. The highest BCUT2D eigenvalue weighted by Gasteiger charge is 2.40. The second kappa shape index (κ2) is 6.33. The molecule has 5 rings (SSSR count). The van der Waals surface area contributed by atoms with Crippen molar-refractivity contribution in [3.05, 3.63) is 77.4 Å². The van der Waals surface area contributed by atoms with Gasteiger partial charge in [0.1, 0.15) is 5.01 Å². The predicted molar refractivity (Wildman–Crippen MR) is 120 cm³/mol. The van der Waals surface area contributed by atoms with Crippen LogP contribution in [0.15, 0.2) is 60.7 Å². The molecule has 0 atom stereocenters. The quantitative estimate of drug-likeness (QED) is 0.348. The average molecular weight is 380 g/mol. The van der Waals surface area contributed by atoms with Crippen molar-refractivity contribution in [1.29, 1.82) is 0 Å². The van der Waals surface area contributed by atoms with Crippen LogP contribution in [0.3, 0.4) is 0 Å². The SMILES string of the molecule is C#Cc1ccc2c(c1)C(CC)(CC)c1cc(-c3nc4ccccc4s3)ccc1-2. The number of benzene rings is 3. The molecule has 2 heteroatoms. The summed E-state index contributed by atoms with van der Waals surface area (Å²) >= 11 is 1.76. The van der Waals surface area contributed by atoms with Crippen LogP contribution in [-0.4, -0.2) is 4.98 Å². The number of hydrogen-bond donors (Lipinski definition) is 0. The van der Waals surface area contributed by atoms with Crippen LogP contribution in [-0.2, 0) is 5.41 Å². The molecule has 136 valence electrons. The van der Waals surface area contributed by atoms with E-state index in [1.165, 1.54) is 32.5 Å². The molecule has 0 amide bonds. The lowest BCUT2D eigenvalue weighted by Crippen LogP contribution is -2.23. The Morgan fingerprint density at radius 3 is 2.36 bits per heavy atom. The minimum absolute atomic E-state index is 0.0181.